The molecule has 9 heteroatoms. The summed E-state index contributed by atoms with van der Waals surface area (Å²) in [5.41, 5.74) is 6.59. The van der Waals surface area contributed by atoms with Gasteiger partial charge in [0.15, 0.2) is 0 Å². The number of aromatic hydroxyl groups is 1. The van der Waals surface area contributed by atoms with Gasteiger partial charge in [0.05, 0.1) is 5.69 Å². The summed E-state index contributed by atoms with van der Waals surface area (Å²) >= 11 is 0. The van der Waals surface area contributed by atoms with E-state index in [0.29, 0.717) is 11.3 Å². The standard InChI is InChI=1S/C17H14N2O5S.Na.H/c18-11-4-1-3-10(9-11)17(21)19-13-7-8-15(25(22,23)24)12-5-2-6-14(20)16(12)13;;/h1-9,20H,18H2,(H,19,21)(H,22,23,24);;. The summed E-state index contributed by atoms with van der Waals surface area (Å²) < 4.78 is 32.4. The molecule has 3 aromatic rings. The third kappa shape index (κ3) is 4.00. The van der Waals surface area contributed by atoms with Crippen molar-refractivity contribution in [3.63, 3.8) is 0 Å². The summed E-state index contributed by atoms with van der Waals surface area (Å²) in [7, 11) is -4.49. The van der Waals surface area contributed by atoms with E-state index in [0.717, 1.165) is 6.07 Å². The Morgan fingerprint density at radius 3 is 2.38 bits per heavy atom. The van der Waals surface area contributed by atoms with Gasteiger partial charge < -0.3 is 16.2 Å². The predicted octanol–water partition coefficient (Wildman–Crippen LogP) is 1.98. The van der Waals surface area contributed by atoms with Gasteiger partial charge in [-0.15, -0.1) is 0 Å². The van der Waals surface area contributed by atoms with Gasteiger partial charge in [-0.2, -0.15) is 8.42 Å². The van der Waals surface area contributed by atoms with Crippen molar-refractivity contribution in [3.8, 4) is 5.75 Å². The van der Waals surface area contributed by atoms with Crippen LogP contribution in [0.15, 0.2) is 59.5 Å². The Morgan fingerprint density at radius 1 is 1.04 bits per heavy atom. The molecule has 0 bridgehead atoms. The Labute approximate surface area is 171 Å². The summed E-state index contributed by atoms with van der Waals surface area (Å²) in [6.45, 7) is 0. The van der Waals surface area contributed by atoms with Crippen LogP contribution in [0.2, 0.25) is 0 Å². The summed E-state index contributed by atoms with van der Waals surface area (Å²) in [5, 5.41) is 12.9. The molecule has 0 unspecified atom stereocenters. The number of phenolic OH excluding ortho intramolecular Hbond substituents is 1. The first-order chi connectivity index (χ1) is 11.8. The van der Waals surface area contributed by atoms with E-state index in [-0.39, 0.29) is 56.7 Å². The van der Waals surface area contributed by atoms with E-state index < -0.39 is 16.0 Å². The normalized spacial score (nSPS) is 11.0. The summed E-state index contributed by atoms with van der Waals surface area (Å²) in [6.07, 6.45) is 0. The van der Waals surface area contributed by atoms with Crippen molar-refractivity contribution in [1.82, 2.24) is 0 Å². The molecule has 0 aliphatic rings. The number of carbonyl (C=O) groups excluding carboxylic acids is 1. The Hall–Kier alpha value is -2.10. The summed E-state index contributed by atoms with van der Waals surface area (Å²) in [6, 6.07) is 13.0. The molecule has 130 valence electrons. The zero-order chi connectivity index (χ0) is 18.2. The van der Waals surface area contributed by atoms with Gasteiger partial charge in [-0.25, -0.2) is 0 Å². The topological polar surface area (TPSA) is 130 Å². The molecule has 0 fully saturated rings. The molecular weight excluding hydrogens is 367 g/mol. The summed E-state index contributed by atoms with van der Waals surface area (Å²) in [5.74, 6) is -0.706. The Kier molecular flexibility index (Phi) is 5.94. The molecule has 26 heavy (non-hydrogen) atoms. The SMILES string of the molecule is Nc1cccc(C(=O)Nc2ccc(S(=O)(=O)O)c3cccc(O)c23)c1.[NaH]. The number of nitrogens with two attached hydrogens (primary N) is 1. The molecule has 0 atom stereocenters. The van der Waals surface area contributed by atoms with Crippen LogP contribution in [0.1, 0.15) is 10.4 Å². The number of phenols is 1. The number of hydrogen-bond acceptors (Lipinski definition) is 5. The van der Waals surface area contributed by atoms with E-state index in [4.69, 9.17) is 5.73 Å². The number of rotatable bonds is 3. The maximum absolute atomic E-state index is 12.4. The zero-order valence-corrected chi connectivity index (χ0v) is 13.6. The van der Waals surface area contributed by atoms with Gasteiger partial charge in [0.2, 0.25) is 0 Å². The van der Waals surface area contributed by atoms with Gasteiger partial charge in [-0.1, -0.05) is 18.2 Å². The molecule has 0 aromatic heterocycles. The molecule has 3 aromatic carbocycles. The van der Waals surface area contributed by atoms with E-state index in [9.17, 15) is 22.9 Å². The van der Waals surface area contributed by atoms with Crippen LogP contribution in [-0.4, -0.2) is 53.5 Å². The first kappa shape index (κ1) is 20.2. The molecule has 1 amide bonds. The van der Waals surface area contributed by atoms with Crippen LogP contribution in [0, 0.1) is 0 Å². The molecule has 5 N–H and O–H groups in total. The van der Waals surface area contributed by atoms with Crippen molar-refractivity contribution in [2.45, 2.75) is 4.90 Å². The Morgan fingerprint density at radius 2 is 1.73 bits per heavy atom. The number of benzene rings is 3. The molecule has 0 saturated heterocycles. The fraction of sp³-hybridized carbons (Fsp3) is 0. The summed E-state index contributed by atoms with van der Waals surface area (Å²) in [4.78, 5) is 12.0. The van der Waals surface area contributed by atoms with E-state index in [1.807, 2.05) is 0 Å². The molecule has 0 heterocycles. The Bertz CT molecular complexity index is 1100. The van der Waals surface area contributed by atoms with Gasteiger partial charge in [-0.3, -0.25) is 9.35 Å². The quantitative estimate of drug-likeness (QED) is 0.311. The fourth-order valence-corrected chi connectivity index (χ4v) is 3.25. The number of fused-ring (bicyclic) bond motifs is 1. The zero-order valence-electron chi connectivity index (χ0n) is 12.8. The van der Waals surface area contributed by atoms with Crippen molar-refractivity contribution >= 4 is 67.7 Å². The number of carbonyl (C=O) groups is 1. The minimum atomic E-state index is -4.49. The monoisotopic (exact) mass is 382 g/mol. The number of nitrogen functional groups attached to an aromatic ring is 1. The number of nitrogens with one attached hydrogen (secondary N) is 1. The van der Waals surface area contributed by atoms with Gasteiger partial charge in [-0.05, 0) is 36.4 Å². The first-order valence-corrected chi connectivity index (χ1v) is 8.60. The third-order valence-corrected chi connectivity index (χ3v) is 4.57. The molecule has 0 aliphatic heterocycles. The second-order valence-electron chi connectivity index (χ2n) is 5.37. The van der Waals surface area contributed by atoms with Gasteiger partial charge >= 0.3 is 29.6 Å². The molecule has 0 radical (unpaired) electrons. The second kappa shape index (κ2) is 7.65. The van der Waals surface area contributed by atoms with Crippen molar-refractivity contribution in [2.75, 3.05) is 11.1 Å². The van der Waals surface area contributed by atoms with Crippen LogP contribution in [0.25, 0.3) is 10.8 Å². The third-order valence-electron chi connectivity index (χ3n) is 3.65. The van der Waals surface area contributed by atoms with Crippen LogP contribution in [-0.2, 0) is 10.1 Å². The van der Waals surface area contributed by atoms with E-state index >= 15 is 0 Å². The molecular formula is C17H15N2NaO5S. The fourth-order valence-electron chi connectivity index (χ4n) is 2.56. The van der Waals surface area contributed by atoms with Crippen molar-refractivity contribution in [3.05, 3.63) is 60.2 Å². The van der Waals surface area contributed by atoms with E-state index in [1.165, 1.54) is 30.3 Å². The molecule has 7 nitrogen and oxygen atoms in total. The maximum atomic E-state index is 12.4. The van der Waals surface area contributed by atoms with Crippen molar-refractivity contribution < 1.29 is 22.9 Å². The average Bonchev–Trinajstić information content (AvgIpc) is 2.54. The van der Waals surface area contributed by atoms with Gasteiger partial charge in [0.1, 0.15) is 10.6 Å². The van der Waals surface area contributed by atoms with E-state index in [1.54, 1.807) is 18.2 Å². The van der Waals surface area contributed by atoms with E-state index in [2.05, 4.69) is 5.32 Å². The van der Waals surface area contributed by atoms with Crippen LogP contribution >= 0.6 is 0 Å². The molecule has 0 saturated carbocycles. The van der Waals surface area contributed by atoms with Crippen LogP contribution in [0.5, 0.6) is 5.75 Å². The second-order valence-corrected chi connectivity index (χ2v) is 6.76. The number of anilines is 2. The van der Waals surface area contributed by atoms with Gasteiger partial charge in [0, 0.05) is 22.0 Å². The average molecular weight is 382 g/mol. The molecule has 0 aliphatic carbocycles. The minimum absolute atomic E-state index is 0. The van der Waals surface area contributed by atoms with Crippen LogP contribution in [0.3, 0.4) is 0 Å². The first-order valence-electron chi connectivity index (χ1n) is 7.16. The van der Waals surface area contributed by atoms with Crippen LogP contribution < -0.4 is 11.1 Å². The van der Waals surface area contributed by atoms with Crippen molar-refractivity contribution in [1.29, 1.82) is 0 Å². The Balaban J connectivity index is 0.00000243. The van der Waals surface area contributed by atoms with Gasteiger partial charge in [0.25, 0.3) is 16.0 Å². The van der Waals surface area contributed by atoms with Crippen LogP contribution in [0.4, 0.5) is 11.4 Å². The number of hydrogen-bond donors (Lipinski definition) is 4. The molecule has 3 rings (SSSR count). The van der Waals surface area contributed by atoms with Crippen molar-refractivity contribution in [2.24, 2.45) is 0 Å². The number of amides is 1. The molecule has 0 spiro atoms. The predicted molar refractivity (Wildman–Crippen MR) is 101 cm³/mol.